The highest BCUT2D eigenvalue weighted by molar-refractivity contribution is 7.98. The van der Waals surface area contributed by atoms with E-state index in [-0.39, 0.29) is 0 Å². The van der Waals surface area contributed by atoms with Crippen molar-refractivity contribution in [3.8, 4) is 0 Å². The molecular weight excluding hydrogens is 302 g/mol. The van der Waals surface area contributed by atoms with Crippen molar-refractivity contribution in [3.05, 3.63) is 59.9 Å². The lowest BCUT2D eigenvalue weighted by atomic mass is 9.99. The molecule has 122 valence electrons. The molecule has 1 atom stereocenters. The van der Waals surface area contributed by atoms with Crippen LogP contribution >= 0.6 is 11.8 Å². The van der Waals surface area contributed by atoms with Gasteiger partial charge in [0.2, 0.25) is 0 Å². The normalized spacial score (nSPS) is 17.6. The summed E-state index contributed by atoms with van der Waals surface area (Å²) in [5, 5.41) is 3.51. The molecule has 1 aliphatic heterocycles. The van der Waals surface area contributed by atoms with Gasteiger partial charge in [-0.1, -0.05) is 18.2 Å². The lowest BCUT2D eigenvalue weighted by Crippen LogP contribution is -2.33. The van der Waals surface area contributed by atoms with E-state index in [0.717, 1.165) is 32.6 Å². The van der Waals surface area contributed by atoms with Crippen LogP contribution in [0.5, 0.6) is 0 Å². The maximum Gasteiger partial charge on any atom is 0.0422 e. The van der Waals surface area contributed by atoms with Crippen LogP contribution in [-0.2, 0) is 6.42 Å². The minimum absolute atomic E-state index is 0.403. The molecule has 1 unspecified atom stereocenters. The van der Waals surface area contributed by atoms with E-state index in [4.69, 9.17) is 0 Å². The second-order valence-corrected chi connectivity index (χ2v) is 6.83. The number of nitrogens with one attached hydrogen (secondary N) is 1. The maximum absolute atomic E-state index is 4.55. The number of aromatic nitrogens is 1. The smallest absolute Gasteiger partial charge is 0.0422 e. The SMILES string of the molecule is CSc1ccc(C(Cc2ccccn2)N2CCCNCC2)cc1. The van der Waals surface area contributed by atoms with Crippen LogP contribution in [0.3, 0.4) is 0 Å². The number of hydrogen-bond acceptors (Lipinski definition) is 4. The molecule has 3 rings (SSSR count). The van der Waals surface area contributed by atoms with Crippen molar-refractivity contribution in [1.82, 2.24) is 15.2 Å². The van der Waals surface area contributed by atoms with E-state index in [0.29, 0.717) is 6.04 Å². The van der Waals surface area contributed by atoms with Crippen LogP contribution < -0.4 is 5.32 Å². The van der Waals surface area contributed by atoms with Gasteiger partial charge in [-0.25, -0.2) is 0 Å². The molecule has 1 fully saturated rings. The highest BCUT2D eigenvalue weighted by Crippen LogP contribution is 2.27. The quantitative estimate of drug-likeness (QED) is 0.852. The van der Waals surface area contributed by atoms with Gasteiger partial charge in [0, 0.05) is 48.9 Å². The summed E-state index contributed by atoms with van der Waals surface area (Å²) in [6.07, 6.45) is 6.20. The second-order valence-electron chi connectivity index (χ2n) is 5.95. The number of thioether (sulfide) groups is 1. The lowest BCUT2D eigenvalue weighted by molar-refractivity contribution is 0.208. The molecule has 0 aliphatic carbocycles. The first-order valence-electron chi connectivity index (χ1n) is 8.35. The van der Waals surface area contributed by atoms with Crippen molar-refractivity contribution in [2.45, 2.75) is 23.8 Å². The molecule has 0 spiro atoms. The third kappa shape index (κ3) is 4.56. The Morgan fingerprint density at radius 1 is 1.13 bits per heavy atom. The van der Waals surface area contributed by atoms with Crippen molar-refractivity contribution in [1.29, 1.82) is 0 Å². The molecule has 1 aliphatic rings. The molecule has 1 aromatic heterocycles. The third-order valence-corrected chi connectivity index (χ3v) is 5.19. The van der Waals surface area contributed by atoms with E-state index in [1.54, 1.807) is 11.8 Å². The molecule has 0 amide bonds. The van der Waals surface area contributed by atoms with Crippen molar-refractivity contribution in [2.24, 2.45) is 0 Å². The number of rotatable bonds is 5. The Labute approximate surface area is 143 Å². The molecule has 0 radical (unpaired) electrons. The van der Waals surface area contributed by atoms with E-state index in [9.17, 15) is 0 Å². The van der Waals surface area contributed by atoms with Gasteiger partial charge in [0.05, 0.1) is 0 Å². The molecule has 1 N–H and O–H groups in total. The van der Waals surface area contributed by atoms with Crippen molar-refractivity contribution in [3.63, 3.8) is 0 Å². The molecule has 4 heteroatoms. The van der Waals surface area contributed by atoms with Gasteiger partial charge in [-0.2, -0.15) is 0 Å². The number of benzene rings is 1. The van der Waals surface area contributed by atoms with E-state index >= 15 is 0 Å². The minimum Gasteiger partial charge on any atom is -0.315 e. The van der Waals surface area contributed by atoms with Crippen molar-refractivity contribution >= 4 is 11.8 Å². The molecule has 0 saturated carbocycles. The topological polar surface area (TPSA) is 28.2 Å². The summed E-state index contributed by atoms with van der Waals surface area (Å²) in [6.45, 7) is 4.44. The summed E-state index contributed by atoms with van der Waals surface area (Å²) >= 11 is 1.80. The summed E-state index contributed by atoms with van der Waals surface area (Å²) in [4.78, 5) is 8.49. The van der Waals surface area contributed by atoms with Gasteiger partial charge in [-0.15, -0.1) is 11.8 Å². The van der Waals surface area contributed by atoms with Gasteiger partial charge in [0.25, 0.3) is 0 Å². The summed E-state index contributed by atoms with van der Waals surface area (Å²) in [5.41, 5.74) is 2.57. The van der Waals surface area contributed by atoms with E-state index < -0.39 is 0 Å². The zero-order valence-corrected chi connectivity index (χ0v) is 14.6. The zero-order chi connectivity index (χ0) is 15.9. The Bertz CT molecular complexity index is 577. The van der Waals surface area contributed by atoms with E-state index in [1.807, 2.05) is 12.3 Å². The highest BCUT2D eigenvalue weighted by atomic mass is 32.2. The largest absolute Gasteiger partial charge is 0.315 e. The first-order chi connectivity index (χ1) is 11.4. The Hall–Kier alpha value is -1.36. The van der Waals surface area contributed by atoms with Gasteiger partial charge in [0.15, 0.2) is 0 Å². The van der Waals surface area contributed by atoms with E-state index in [2.05, 4.69) is 57.9 Å². The molecule has 1 saturated heterocycles. The zero-order valence-electron chi connectivity index (χ0n) is 13.7. The third-order valence-electron chi connectivity index (χ3n) is 4.44. The maximum atomic E-state index is 4.55. The summed E-state index contributed by atoms with van der Waals surface area (Å²) in [5.74, 6) is 0. The number of nitrogens with zero attached hydrogens (tertiary/aromatic N) is 2. The van der Waals surface area contributed by atoms with Crippen LogP contribution in [0.1, 0.15) is 23.7 Å². The van der Waals surface area contributed by atoms with Crippen LogP contribution in [0.15, 0.2) is 53.6 Å². The molecule has 2 heterocycles. The van der Waals surface area contributed by atoms with E-state index in [1.165, 1.54) is 22.6 Å². The Balaban J connectivity index is 1.84. The first kappa shape index (κ1) is 16.5. The Kier molecular flexibility index (Phi) is 6.08. The molecule has 0 bridgehead atoms. The van der Waals surface area contributed by atoms with Gasteiger partial charge < -0.3 is 5.32 Å². The molecule has 2 aromatic rings. The molecular formula is C19H25N3S. The van der Waals surface area contributed by atoms with Crippen LogP contribution in [0.4, 0.5) is 0 Å². The second kappa shape index (κ2) is 8.48. The fraction of sp³-hybridized carbons (Fsp3) is 0.421. The average molecular weight is 327 g/mol. The van der Waals surface area contributed by atoms with Gasteiger partial charge in [-0.3, -0.25) is 9.88 Å². The fourth-order valence-electron chi connectivity index (χ4n) is 3.18. The highest BCUT2D eigenvalue weighted by Gasteiger charge is 2.22. The lowest BCUT2D eigenvalue weighted by Gasteiger charge is -2.31. The first-order valence-corrected chi connectivity index (χ1v) is 9.58. The number of pyridine rings is 1. The van der Waals surface area contributed by atoms with Gasteiger partial charge in [-0.05, 0) is 49.1 Å². The van der Waals surface area contributed by atoms with Crippen LogP contribution in [-0.4, -0.2) is 42.3 Å². The predicted molar refractivity (Wildman–Crippen MR) is 98.0 cm³/mol. The van der Waals surface area contributed by atoms with Crippen LogP contribution in [0, 0.1) is 0 Å². The standard InChI is InChI=1S/C19H25N3S/c1-23-18-8-6-16(7-9-18)19(15-17-5-2-3-11-21-17)22-13-4-10-20-12-14-22/h2-3,5-9,11,19-20H,4,10,12-15H2,1H3. The van der Waals surface area contributed by atoms with Gasteiger partial charge in [0.1, 0.15) is 0 Å². The molecule has 1 aromatic carbocycles. The average Bonchev–Trinajstić information content (AvgIpc) is 2.90. The summed E-state index contributed by atoms with van der Waals surface area (Å²) in [7, 11) is 0. The number of hydrogen-bond donors (Lipinski definition) is 1. The molecule has 3 nitrogen and oxygen atoms in total. The van der Waals surface area contributed by atoms with Gasteiger partial charge >= 0.3 is 0 Å². The Morgan fingerprint density at radius 3 is 2.74 bits per heavy atom. The summed E-state index contributed by atoms with van der Waals surface area (Å²) in [6, 6.07) is 15.7. The van der Waals surface area contributed by atoms with Crippen LogP contribution in [0.25, 0.3) is 0 Å². The molecule has 23 heavy (non-hydrogen) atoms. The van der Waals surface area contributed by atoms with Crippen molar-refractivity contribution < 1.29 is 0 Å². The summed E-state index contributed by atoms with van der Waals surface area (Å²) < 4.78 is 0. The van der Waals surface area contributed by atoms with Crippen molar-refractivity contribution in [2.75, 3.05) is 32.4 Å². The monoisotopic (exact) mass is 327 g/mol. The predicted octanol–water partition coefficient (Wildman–Crippen LogP) is 3.38. The fourth-order valence-corrected chi connectivity index (χ4v) is 3.59. The Morgan fingerprint density at radius 2 is 2.00 bits per heavy atom. The van der Waals surface area contributed by atoms with Crippen LogP contribution in [0.2, 0.25) is 0 Å². The minimum atomic E-state index is 0.403.